The van der Waals surface area contributed by atoms with Crippen molar-refractivity contribution in [1.29, 1.82) is 0 Å². The summed E-state index contributed by atoms with van der Waals surface area (Å²) < 4.78 is 38.5. The van der Waals surface area contributed by atoms with Crippen LogP contribution in [0.5, 0.6) is 5.75 Å². The second kappa shape index (κ2) is 11.7. The summed E-state index contributed by atoms with van der Waals surface area (Å²) in [4.78, 5) is 25.3. The fourth-order valence-electron chi connectivity index (χ4n) is 3.81. The molecular weight excluding hydrogens is 498 g/mol. The fraction of sp³-hybridized carbons (Fsp3) is 0.143. The summed E-state index contributed by atoms with van der Waals surface area (Å²) in [5.74, 6) is -2.85. The molecule has 4 rings (SSSR count). The van der Waals surface area contributed by atoms with Crippen molar-refractivity contribution in [2.45, 2.75) is 12.5 Å². The van der Waals surface area contributed by atoms with Gasteiger partial charge in [0.1, 0.15) is 22.9 Å². The van der Waals surface area contributed by atoms with Gasteiger partial charge in [0.2, 0.25) is 0 Å². The highest BCUT2D eigenvalue weighted by atomic mass is 32.1. The highest BCUT2D eigenvalue weighted by molar-refractivity contribution is 7.10. The van der Waals surface area contributed by atoms with E-state index < -0.39 is 35.2 Å². The molecule has 2 N–H and O–H groups in total. The lowest BCUT2D eigenvalue weighted by Gasteiger charge is -2.19. The first-order chi connectivity index (χ1) is 17.9. The van der Waals surface area contributed by atoms with Crippen LogP contribution in [0.1, 0.15) is 26.8 Å². The van der Waals surface area contributed by atoms with Gasteiger partial charge in [-0.2, -0.15) is 0 Å². The number of amides is 2. The second-order valence-corrected chi connectivity index (χ2v) is 9.10. The molecule has 1 aromatic heterocycles. The maximum atomic E-state index is 14.5. The number of ether oxygens (including phenoxy) is 2. The number of hydrogen-bond acceptors (Lipinski definition) is 5. The van der Waals surface area contributed by atoms with Gasteiger partial charge >= 0.3 is 6.09 Å². The Labute approximate surface area is 216 Å². The molecule has 190 valence electrons. The number of benzene rings is 3. The number of rotatable bonds is 8. The molecule has 0 fully saturated rings. The number of anilines is 1. The first-order valence-electron chi connectivity index (χ1n) is 11.3. The number of halogens is 2. The molecule has 0 saturated heterocycles. The van der Waals surface area contributed by atoms with Crippen molar-refractivity contribution in [1.82, 2.24) is 5.32 Å². The highest BCUT2D eigenvalue weighted by Gasteiger charge is 2.23. The van der Waals surface area contributed by atoms with Crippen LogP contribution in [0, 0.1) is 11.6 Å². The zero-order valence-electron chi connectivity index (χ0n) is 20.1. The van der Waals surface area contributed by atoms with Crippen molar-refractivity contribution in [2.24, 2.45) is 0 Å². The number of carbonyl (C=O) groups excluding carboxylic acids is 2. The smallest absolute Gasteiger partial charge is 0.411 e. The van der Waals surface area contributed by atoms with Gasteiger partial charge in [-0.3, -0.25) is 10.1 Å². The number of methoxy groups -OCH3 is 2. The van der Waals surface area contributed by atoms with Gasteiger partial charge in [0.15, 0.2) is 0 Å². The van der Waals surface area contributed by atoms with Crippen molar-refractivity contribution in [2.75, 3.05) is 19.5 Å². The number of nitrogens with one attached hydrogen (secondary N) is 2. The van der Waals surface area contributed by atoms with Crippen LogP contribution in [0.25, 0.3) is 11.1 Å². The topological polar surface area (TPSA) is 76.7 Å². The van der Waals surface area contributed by atoms with Crippen molar-refractivity contribution in [3.8, 4) is 16.9 Å². The Bertz CT molecular complexity index is 1370. The molecule has 1 heterocycles. The Hall–Kier alpha value is -4.24. The fourth-order valence-corrected chi connectivity index (χ4v) is 4.75. The van der Waals surface area contributed by atoms with Gasteiger partial charge in [-0.25, -0.2) is 13.6 Å². The summed E-state index contributed by atoms with van der Waals surface area (Å²) in [5.41, 5.74) is 2.67. The predicted octanol–water partition coefficient (Wildman–Crippen LogP) is 6.59. The average Bonchev–Trinajstić information content (AvgIpc) is 3.37. The Morgan fingerprint density at radius 3 is 2.22 bits per heavy atom. The van der Waals surface area contributed by atoms with E-state index in [4.69, 9.17) is 4.74 Å². The van der Waals surface area contributed by atoms with E-state index in [1.807, 2.05) is 53.9 Å². The summed E-state index contributed by atoms with van der Waals surface area (Å²) in [6.07, 6.45) is -0.129. The Kier molecular flexibility index (Phi) is 8.15. The van der Waals surface area contributed by atoms with Crippen LogP contribution in [-0.4, -0.2) is 26.2 Å². The minimum absolute atomic E-state index is 0.00798. The van der Waals surface area contributed by atoms with Crippen molar-refractivity contribution in [3.63, 3.8) is 0 Å². The zero-order chi connectivity index (χ0) is 26.4. The van der Waals surface area contributed by atoms with E-state index >= 15 is 0 Å². The lowest BCUT2D eigenvalue weighted by atomic mass is 10.0. The summed E-state index contributed by atoms with van der Waals surface area (Å²) in [6.45, 7) is 0. The zero-order valence-corrected chi connectivity index (χ0v) is 20.9. The van der Waals surface area contributed by atoms with Gasteiger partial charge in [-0.15, -0.1) is 11.3 Å². The molecule has 9 heteroatoms. The van der Waals surface area contributed by atoms with E-state index in [9.17, 15) is 18.4 Å². The van der Waals surface area contributed by atoms with Gasteiger partial charge < -0.3 is 14.8 Å². The molecule has 0 aliphatic heterocycles. The average molecular weight is 523 g/mol. The van der Waals surface area contributed by atoms with Crippen LogP contribution in [0.15, 0.2) is 78.2 Å². The molecule has 0 aliphatic rings. The van der Waals surface area contributed by atoms with Gasteiger partial charge in [0, 0.05) is 29.1 Å². The van der Waals surface area contributed by atoms with Crippen molar-refractivity contribution >= 4 is 29.0 Å². The SMILES string of the molecule is COC(=O)Nc1ccc(-c2csc(C[C@H](NC(=O)c3c(F)cc(OC)cc3F)c3ccccc3)c2)cc1. The molecule has 2 amide bonds. The van der Waals surface area contributed by atoms with Crippen LogP contribution in [-0.2, 0) is 11.2 Å². The molecule has 4 aromatic rings. The molecule has 0 bridgehead atoms. The number of thiophene rings is 1. The maximum Gasteiger partial charge on any atom is 0.411 e. The monoisotopic (exact) mass is 522 g/mol. The predicted molar refractivity (Wildman–Crippen MR) is 139 cm³/mol. The summed E-state index contributed by atoms with van der Waals surface area (Å²) in [6, 6.07) is 20.0. The van der Waals surface area contributed by atoms with Gasteiger partial charge in [0.05, 0.1) is 20.3 Å². The first kappa shape index (κ1) is 25.8. The third-order valence-corrected chi connectivity index (χ3v) is 6.65. The van der Waals surface area contributed by atoms with Gasteiger partial charge in [0.25, 0.3) is 5.91 Å². The normalized spacial score (nSPS) is 11.5. The highest BCUT2D eigenvalue weighted by Crippen LogP contribution is 2.30. The molecule has 1 atom stereocenters. The Balaban J connectivity index is 1.54. The largest absolute Gasteiger partial charge is 0.497 e. The number of hydrogen-bond donors (Lipinski definition) is 2. The van der Waals surface area contributed by atoms with Crippen molar-refractivity contribution < 1.29 is 27.8 Å². The van der Waals surface area contributed by atoms with Crippen LogP contribution >= 0.6 is 11.3 Å². The van der Waals surface area contributed by atoms with E-state index in [2.05, 4.69) is 15.4 Å². The quantitative estimate of drug-likeness (QED) is 0.274. The molecule has 0 saturated carbocycles. The van der Waals surface area contributed by atoms with E-state index in [0.29, 0.717) is 12.1 Å². The van der Waals surface area contributed by atoms with Gasteiger partial charge in [-0.1, -0.05) is 42.5 Å². The molecule has 3 aromatic carbocycles. The van der Waals surface area contributed by atoms with Crippen molar-refractivity contribution in [3.05, 3.63) is 106 Å². The lowest BCUT2D eigenvalue weighted by molar-refractivity contribution is 0.0928. The van der Waals surface area contributed by atoms with Crippen LogP contribution in [0.4, 0.5) is 19.3 Å². The molecular formula is C28H24F2N2O4S. The van der Waals surface area contributed by atoms with E-state index in [-0.39, 0.29) is 5.75 Å². The third-order valence-electron chi connectivity index (χ3n) is 5.69. The van der Waals surface area contributed by atoms with E-state index in [0.717, 1.165) is 33.7 Å². The number of carbonyl (C=O) groups is 2. The minimum Gasteiger partial charge on any atom is -0.497 e. The summed E-state index contributed by atoms with van der Waals surface area (Å²) in [7, 11) is 2.59. The lowest BCUT2D eigenvalue weighted by Crippen LogP contribution is -2.31. The first-order valence-corrected chi connectivity index (χ1v) is 12.2. The summed E-state index contributed by atoms with van der Waals surface area (Å²) in [5, 5.41) is 7.39. The second-order valence-electron chi connectivity index (χ2n) is 8.10. The van der Waals surface area contributed by atoms with E-state index in [1.54, 1.807) is 12.1 Å². The third kappa shape index (κ3) is 6.31. The molecule has 0 aliphatic carbocycles. The maximum absolute atomic E-state index is 14.5. The van der Waals surface area contributed by atoms with Crippen LogP contribution in [0.3, 0.4) is 0 Å². The molecule has 0 spiro atoms. The Morgan fingerprint density at radius 1 is 0.919 bits per heavy atom. The summed E-state index contributed by atoms with van der Waals surface area (Å²) >= 11 is 1.51. The van der Waals surface area contributed by atoms with Crippen LogP contribution in [0.2, 0.25) is 0 Å². The minimum atomic E-state index is -0.996. The standard InChI is InChI=1S/C28H24F2N2O4S/c1-35-21-13-23(29)26(24(30)14-21)27(33)32-25(18-6-4-3-5-7-18)15-22-12-19(16-37-22)17-8-10-20(11-9-17)31-28(34)36-2/h3-14,16,25H,15H2,1-2H3,(H,31,34)(H,32,33)/t25-/m0/s1. The van der Waals surface area contributed by atoms with Gasteiger partial charge in [-0.05, 0) is 40.3 Å². The molecule has 6 nitrogen and oxygen atoms in total. The molecule has 0 radical (unpaired) electrons. The van der Waals surface area contributed by atoms with E-state index in [1.165, 1.54) is 25.6 Å². The Morgan fingerprint density at radius 2 is 1.59 bits per heavy atom. The van der Waals surface area contributed by atoms with Crippen LogP contribution < -0.4 is 15.4 Å². The molecule has 37 heavy (non-hydrogen) atoms. The molecule has 0 unspecified atom stereocenters.